The quantitative estimate of drug-likeness (QED) is 0.658. The summed E-state index contributed by atoms with van der Waals surface area (Å²) < 4.78 is 34.8. The monoisotopic (exact) mass is 183 g/mol. The van der Waals surface area contributed by atoms with Gasteiger partial charge >= 0.3 is 6.18 Å². The van der Waals surface area contributed by atoms with Gasteiger partial charge < -0.3 is 5.73 Å². The molecule has 0 spiro atoms. The Hall–Kier alpha value is -0.580. The Kier molecular flexibility index (Phi) is 4.89. The maximum absolute atomic E-state index is 11.6. The summed E-state index contributed by atoms with van der Waals surface area (Å²) in [7, 11) is 0. The maximum atomic E-state index is 11.6. The Morgan fingerprint density at radius 2 is 1.75 bits per heavy atom. The molecule has 0 aliphatic rings. The van der Waals surface area contributed by atoms with Gasteiger partial charge in [-0.2, -0.15) is 13.2 Å². The van der Waals surface area contributed by atoms with E-state index in [1.54, 1.807) is 0 Å². The Bertz CT molecular complexity index is 144. The number of alkyl halides is 3. The number of hydrogen-bond acceptors (Lipinski definition) is 2. The number of Topliss-reactive ketones (excluding diaryl/α,β-unsaturated/α-hetero) is 1. The van der Waals surface area contributed by atoms with Gasteiger partial charge in [0.2, 0.25) is 5.78 Å². The lowest BCUT2D eigenvalue weighted by molar-refractivity contribution is -0.171. The Balaban J connectivity index is 3.45. The number of halogens is 3. The molecule has 5 heteroatoms. The van der Waals surface area contributed by atoms with Crippen LogP contribution in [0, 0.1) is 0 Å². The van der Waals surface area contributed by atoms with Crippen molar-refractivity contribution < 1.29 is 18.0 Å². The van der Waals surface area contributed by atoms with E-state index in [-0.39, 0.29) is 6.42 Å². The third-order valence-electron chi connectivity index (χ3n) is 1.42. The Morgan fingerprint density at radius 3 is 2.17 bits per heavy atom. The van der Waals surface area contributed by atoms with E-state index in [4.69, 9.17) is 5.73 Å². The first-order valence-electron chi connectivity index (χ1n) is 3.78. The van der Waals surface area contributed by atoms with Crippen LogP contribution in [0.15, 0.2) is 0 Å². The molecule has 0 aliphatic heterocycles. The van der Waals surface area contributed by atoms with E-state index in [2.05, 4.69) is 0 Å². The summed E-state index contributed by atoms with van der Waals surface area (Å²) in [5.41, 5.74) is 5.12. The fourth-order valence-corrected chi connectivity index (χ4v) is 0.748. The molecule has 2 N–H and O–H groups in total. The molecule has 0 atom stereocenters. The molecule has 0 fully saturated rings. The molecule has 12 heavy (non-hydrogen) atoms. The summed E-state index contributed by atoms with van der Waals surface area (Å²) in [6, 6.07) is 0. The Morgan fingerprint density at radius 1 is 1.17 bits per heavy atom. The Labute approximate surface area is 68.9 Å². The van der Waals surface area contributed by atoms with Crippen molar-refractivity contribution in [2.75, 3.05) is 6.54 Å². The maximum Gasteiger partial charge on any atom is 0.449 e. The molecule has 0 rings (SSSR count). The molecule has 0 amide bonds. The number of carbonyl (C=O) groups excluding carboxylic acids is 1. The average Bonchev–Trinajstić information content (AvgIpc) is 1.96. The van der Waals surface area contributed by atoms with Crippen molar-refractivity contribution in [1.29, 1.82) is 0 Å². The van der Waals surface area contributed by atoms with E-state index in [1.165, 1.54) is 0 Å². The zero-order chi connectivity index (χ0) is 9.61. The third kappa shape index (κ3) is 5.12. The van der Waals surface area contributed by atoms with Gasteiger partial charge in [-0.3, -0.25) is 4.79 Å². The highest BCUT2D eigenvalue weighted by molar-refractivity contribution is 5.83. The standard InChI is InChI=1S/C7H12F3NO/c8-7(9,10)6(12)4-2-1-3-5-11/h1-5,11H2. The molecule has 0 aliphatic carbocycles. The van der Waals surface area contributed by atoms with Gasteiger partial charge in [-0.25, -0.2) is 0 Å². The van der Waals surface area contributed by atoms with Gasteiger partial charge in [-0.1, -0.05) is 6.42 Å². The molecule has 2 nitrogen and oxygen atoms in total. The summed E-state index contributed by atoms with van der Waals surface area (Å²) >= 11 is 0. The molecular weight excluding hydrogens is 171 g/mol. The van der Waals surface area contributed by atoms with Crippen LogP contribution in [-0.2, 0) is 4.79 Å². The molecule has 0 heterocycles. The van der Waals surface area contributed by atoms with Crippen LogP contribution in [0.5, 0.6) is 0 Å². The number of rotatable bonds is 5. The van der Waals surface area contributed by atoms with Crippen LogP contribution in [-0.4, -0.2) is 18.5 Å². The van der Waals surface area contributed by atoms with E-state index in [1.807, 2.05) is 0 Å². The molecule has 0 aromatic carbocycles. The van der Waals surface area contributed by atoms with Crippen molar-refractivity contribution in [2.45, 2.75) is 31.9 Å². The van der Waals surface area contributed by atoms with Gasteiger partial charge in [-0.05, 0) is 19.4 Å². The number of hydrogen-bond donors (Lipinski definition) is 1. The molecule has 0 unspecified atom stereocenters. The summed E-state index contributed by atoms with van der Waals surface area (Å²) in [4.78, 5) is 10.3. The van der Waals surface area contributed by atoms with Crippen LogP contribution in [0.3, 0.4) is 0 Å². The molecule has 0 saturated carbocycles. The van der Waals surface area contributed by atoms with E-state index >= 15 is 0 Å². The molecular formula is C7H12F3NO. The van der Waals surface area contributed by atoms with Gasteiger partial charge in [0.1, 0.15) is 0 Å². The van der Waals surface area contributed by atoms with Crippen LogP contribution in [0.1, 0.15) is 25.7 Å². The minimum atomic E-state index is -4.66. The highest BCUT2D eigenvalue weighted by Crippen LogP contribution is 2.19. The smallest absolute Gasteiger partial charge is 0.330 e. The summed E-state index contributed by atoms with van der Waals surface area (Å²) in [5.74, 6) is -1.64. The lowest BCUT2D eigenvalue weighted by atomic mass is 10.1. The highest BCUT2D eigenvalue weighted by Gasteiger charge is 2.36. The number of unbranched alkanes of at least 4 members (excludes halogenated alkanes) is 2. The van der Waals surface area contributed by atoms with Crippen molar-refractivity contribution in [3.05, 3.63) is 0 Å². The topological polar surface area (TPSA) is 43.1 Å². The van der Waals surface area contributed by atoms with Crippen molar-refractivity contribution >= 4 is 5.78 Å². The van der Waals surface area contributed by atoms with E-state index in [0.717, 1.165) is 0 Å². The van der Waals surface area contributed by atoms with E-state index in [0.29, 0.717) is 19.4 Å². The number of ketones is 1. The zero-order valence-electron chi connectivity index (χ0n) is 6.66. The SMILES string of the molecule is NCCCCCC(=O)C(F)(F)F. The summed E-state index contributed by atoms with van der Waals surface area (Å²) in [5, 5.41) is 0. The minimum absolute atomic E-state index is 0.273. The second kappa shape index (κ2) is 5.13. The van der Waals surface area contributed by atoms with Crippen molar-refractivity contribution in [3.63, 3.8) is 0 Å². The minimum Gasteiger partial charge on any atom is -0.330 e. The fourth-order valence-electron chi connectivity index (χ4n) is 0.748. The summed E-state index contributed by atoms with van der Waals surface area (Å²) in [6.45, 7) is 0.459. The predicted molar refractivity (Wildman–Crippen MR) is 38.6 cm³/mol. The van der Waals surface area contributed by atoms with Crippen molar-refractivity contribution in [3.8, 4) is 0 Å². The average molecular weight is 183 g/mol. The van der Waals surface area contributed by atoms with Crippen LogP contribution in [0.25, 0.3) is 0 Å². The van der Waals surface area contributed by atoms with E-state index < -0.39 is 18.4 Å². The fraction of sp³-hybridized carbons (Fsp3) is 0.857. The van der Waals surface area contributed by atoms with Crippen LogP contribution < -0.4 is 5.73 Å². The van der Waals surface area contributed by atoms with Gasteiger partial charge in [0.25, 0.3) is 0 Å². The zero-order valence-corrected chi connectivity index (χ0v) is 6.66. The number of nitrogens with two attached hydrogens (primary N) is 1. The molecule has 0 aromatic rings. The lowest BCUT2D eigenvalue weighted by Gasteiger charge is -2.03. The first-order valence-corrected chi connectivity index (χ1v) is 3.78. The van der Waals surface area contributed by atoms with E-state index in [9.17, 15) is 18.0 Å². The highest BCUT2D eigenvalue weighted by atomic mass is 19.4. The largest absolute Gasteiger partial charge is 0.449 e. The number of carbonyl (C=O) groups is 1. The molecule has 0 saturated heterocycles. The van der Waals surface area contributed by atoms with Gasteiger partial charge in [0.15, 0.2) is 0 Å². The third-order valence-corrected chi connectivity index (χ3v) is 1.42. The first-order chi connectivity index (χ1) is 5.48. The molecule has 0 bridgehead atoms. The van der Waals surface area contributed by atoms with Crippen LogP contribution >= 0.6 is 0 Å². The van der Waals surface area contributed by atoms with Crippen molar-refractivity contribution in [2.24, 2.45) is 5.73 Å². The van der Waals surface area contributed by atoms with Gasteiger partial charge in [-0.15, -0.1) is 0 Å². The molecule has 0 radical (unpaired) electrons. The second-order valence-corrected chi connectivity index (χ2v) is 2.52. The van der Waals surface area contributed by atoms with Crippen LogP contribution in [0.2, 0.25) is 0 Å². The summed E-state index contributed by atoms with van der Waals surface area (Å²) in [6.07, 6.45) is -3.55. The van der Waals surface area contributed by atoms with Gasteiger partial charge in [0, 0.05) is 6.42 Å². The molecule has 72 valence electrons. The second-order valence-electron chi connectivity index (χ2n) is 2.52. The van der Waals surface area contributed by atoms with Gasteiger partial charge in [0.05, 0.1) is 0 Å². The lowest BCUT2D eigenvalue weighted by Crippen LogP contribution is -2.22. The normalized spacial score (nSPS) is 11.7. The first kappa shape index (κ1) is 11.4. The van der Waals surface area contributed by atoms with Crippen molar-refractivity contribution in [1.82, 2.24) is 0 Å². The molecule has 0 aromatic heterocycles. The van der Waals surface area contributed by atoms with Crippen LogP contribution in [0.4, 0.5) is 13.2 Å². The predicted octanol–water partition coefficient (Wildman–Crippen LogP) is 1.64.